The fourth-order valence-corrected chi connectivity index (χ4v) is 2.77. The maximum absolute atomic E-state index is 12.3. The minimum atomic E-state index is -0.337. The molecule has 26 heavy (non-hydrogen) atoms. The van der Waals surface area contributed by atoms with Crippen molar-refractivity contribution in [2.45, 2.75) is 40.2 Å². The molecule has 1 N–H and O–H groups in total. The number of benzene rings is 1. The van der Waals surface area contributed by atoms with E-state index in [-0.39, 0.29) is 17.5 Å². The van der Waals surface area contributed by atoms with Crippen LogP contribution in [-0.2, 0) is 4.79 Å². The topological polar surface area (TPSA) is 67.0 Å². The first kappa shape index (κ1) is 19.3. The minimum Gasteiger partial charge on any atom is -0.497 e. The number of carbonyl (C=O) groups is 1. The van der Waals surface area contributed by atoms with Gasteiger partial charge in [0.2, 0.25) is 0 Å². The van der Waals surface area contributed by atoms with Gasteiger partial charge < -0.3 is 14.6 Å². The van der Waals surface area contributed by atoms with Crippen LogP contribution in [0.15, 0.2) is 35.9 Å². The summed E-state index contributed by atoms with van der Waals surface area (Å²) >= 11 is 0. The van der Waals surface area contributed by atoms with Crippen molar-refractivity contribution in [3.8, 4) is 17.5 Å². The second kappa shape index (κ2) is 8.39. The number of ether oxygens (including phenoxy) is 1. The summed E-state index contributed by atoms with van der Waals surface area (Å²) in [6.45, 7) is 7.89. The fraction of sp³-hybridized carbons (Fsp3) is 0.333. The molecule has 1 atom stereocenters. The number of aromatic nitrogens is 1. The molecule has 2 aromatic rings. The highest BCUT2D eigenvalue weighted by Gasteiger charge is 2.15. The van der Waals surface area contributed by atoms with Crippen LogP contribution < -0.4 is 10.1 Å². The molecule has 0 spiro atoms. The van der Waals surface area contributed by atoms with Crippen molar-refractivity contribution in [1.29, 1.82) is 5.26 Å². The first-order chi connectivity index (χ1) is 12.4. The summed E-state index contributed by atoms with van der Waals surface area (Å²) < 4.78 is 7.30. The highest BCUT2D eigenvalue weighted by Crippen LogP contribution is 2.24. The van der Waals surface area contributed by atoms with Gasteiger partial charge in [-0.25, -0.2) is 0 Å². The Morgan fingerprint density at radius 1 is 1.35 bits per heavy atom. The van der Waals surface area contributed by atoms with Gasteiger partial charge in [0.15, 0.2) is 0 Å². The molecular formula is C21H25N3O2. The number of methoxy groups -OCH3 is 1. The summed E-state index contributed by atoms with van der Waals surface area (Å²) in [6.07, 6.45) is 2.47. The number of carbonyl (C=O) groups excluding carboxylic acids is 1. The van der Waals surface area contributed by atoms with Crippen molar-refractivity contribution in [3.63, 3.8) is 0 Å². The number of aryl methyl sites for hydroxylation is 1. The first-order valence-electron chi connectivity index (χ1n) is 8.67. The van der Waals surface area contributed by atoms with E-state index in [2.05, 4.69) is 9.88 Å². The average molecular weight is 351 g/mol. The Hall–Kier alpha value is -3.00. The van der Waals surface area contributed by atoms with Gasteiger partial charge in [0.25, 0.3) is 5.91 Å². The number of nitriles is 1. The Morgan fingerprint density at radius 2 is 2.00 bits per heavy atom. The molecule has 0 fully saturated rings. The van der Waals surface area contributed by atoms with Crippen LogP contribution in [0.1, 0.15) is 37.2 Å². The third kappa shape index (κ3) is 4.15. The van der Waals surface area contributed by atoms with Crippen LogP contribution in [-0.4, -0.2) is 23.6 Å². The summed E-state index contributed by atoms with van der Waals surface area (Å²) in [4.78, 5) is 12.3. The van der Waals surface area contributed by atoms with Gasteiger partial charge in [-0.3, -0.25) is 4.79 Å². The average Bonchev–Trinajstić information content (AvgIpc) is 2.92. The number of nitrogens with one attached hydrogen (secondary N) is 1. The van der Waals surface area contributed by atoms with Gasteiger partial charge in [-0.2, -0.15) is 5.26 Å². The Kier molecular flexibility index (Phi) is 6.24. The third-order valence-corrected chi connectivity index (χ3v) is 4.46. The zero-order chi connectivity index (χ0) is 19.3. The van der Waals surface area contributed by atoms with Gasteiger partial charge >= 0.3 is 0 Å². The van der Waals surface area contributed by atoms with Crippen LogP contribution >= 0.6 is 0 Å². The molecule has 1 aromatic heterocycles. The Balaban J connectivity index is 2.39. The largest absolute Gasteiger partial charge is 0.497 e. The second-order valence-electron chi connectivity index (χ2n) is 6.31. The van der Waals surface area contributed by atoms with Crippen molar-refractivity contribution in [2.75, 3.05) is 7.11 Å². The van der Waals surface area contributed by atoms with E-state index in [1.807, 2.05) is 64.1 Å². The first-order valence-corrected chi connectivity index (χ1v) is 8.67. The molecule has 2 rings (SSSR count). The lowest BCUT2D eigenvalue weighted by atomic mass is 10.1. The number of hydrogen-bond acceptors (Lipinski definition) is 3. The van der Waals surface area contributed by atoms with E-state index in [4.69, 9.17) is 4.74 Å². The van der Waals surface area contributed by atoms with Crippen LogP contribution in [0.25, 0.3) is 11.8 Å². The van der Waals surface area contributed by atoms with Crippen molar-refractivity contribution in [2.24, 2.45) is 0 Å². The van der Waals surface area contributed by atoms with E-state index in [9.17, 15) is 10.1 Å². The zero-order valence-electron chi connectivity index (χ0n) is 16.0. The van der Waals surface area contributed by atoms with Crippen LogP contribution in [0.5, 0.6) is 5.75 Å². The lowest BCUT2D eigenvalue weighted by molar-refractivity contribution is -0.117. The van der Waals surface area contributed by atoms with E-state index >= 15 is 0 Å². The number of nitrogens with zero attached hydrogens (tertiary/aromatic N) is 2. The third-order valence-electron chi connectivity index (χ3n) is 4.46. The van der Waals surface area contributed by atoms with Gasteiger partial charge in [-0.15, -0.1) is 0 Å². The van der Waals surface area contributed by atoms with E-state index in [1.54, 1.807) is 13.2 Å². The molecule has 5 nitrogen and oxygen atoms in total. The lowest BCUT2D eigenvalue weighted by Gasteiger charge is -2.11. The molecule has 1 amide bonds. The predicted molar refractivity (Wildman–Crippen MR) is 103 cm³/mol. The summed E-state index contributed by atoms with van der Waals surface area (Å²) in [5.74, 6) is 0.459. The van der Waals surface area contributed by atoms with E-state index < -0.39 is 0 Å². The molecule has 0 saturated carbocycles. The van der Waals surface area contributed by atoms with Gasteiger partial charge in [-0.1, -0.05) is 6.92 Å². The van der Waals surface area contributed by atoms with E-state index in [0.29, 0.717) is 0 Å². The predicted octanol–water partition coefficient (Wildman–Crippen LogP) is 3.92. The molecule has 0 aliphatic carbocycles. The van der Waals surface area contributed by atoms with Crippen LogP contribution in [0.3, 0.4) is 0 Å². The number of hydrogen-bond donors (Lipinski definition) is 1. The highest BCUT2D eigenvalue weighted by atomic mass is 16.5. The summed E-state index contributed by atoms with van der Waals surface area (Å²) in [5.41, 5.74) is 3.97. The summed E-state index contributed by atoms with van der Waals surface area (Å²) in [7, 11) is 1.64. The van der Waals surface area contributed by atoms with Crippen LogP contribution in [0.2, 0.25) is 0 Å². The molecule has 5 heteroatoms. The molecule has 1 heterocycles. The molecule has 0 radical (unpaired) electrons. The fourth-order valence-electron chi connectivity index (χ4n) is 2.77. The van der Waals surface area contributed by atoms with Gasteiger partial charge in [0.1, 0.15) is 17.4 Å². The van der Waals surface area contributed by atoms with Crippen LogP contribution in [0, 0.1) is 25.2 Å². The Bertz CT molecular complexity index is 855. The Morgan fingerprint density at radius 3 is 2.54 bits per heavy atom. The van der Waals surface area contributed by atoms with Crippen LogP contribution in [0.4, 0.5) is 0 Å². The molecule has 0 unspecified atom stereocenters. The zero-order valence-corrected chi connectivity index (χ0v) is 16.0. The monoisotopic (exact) mass is 351 g/mol. The molecule has 0 bridgehead atoms. The minimum absolute atomic E-state index is 0.0333. The summed E-state index contributed by atoms with van der Waals surface area (Å²) in [5, 5.41) is 12.2. The molecule has 1 aromatic carbocycles. The van der Waals surface area contributed by atoms with Gasteiger partial charge in [0.05, 0.1) is 7.11 Å². The van der Waals surface area contributed by atoms with E-state index in [1.165, 1.54) is 0 Å². The molecule has 0 saturated heterocycles. The van der Waals surface area contributed by atoms with Gasteiger partial charge in [-0.05, 0) is 69.2 Å². The second-order valence-corrected chi connectivity index (χ2v) is 6.31. The summed E-state index contributed by atoms with van der Waals surface area (Å²) in [6, 6.07) is 11.8. The van der Waals surface area contributed by atoms with Gasteiger partial charge in [0, 0.05) is 23.1 Å². The van der Waals surface area contributed by atoms with Crippen molar-refractivity contribution in [3.05, 3.63) is 52.9 Å². The molecule has 136 valence electrons. The van der Waals surface area contributed by atoms with Crippen molar-refractivity contribution < 1.29 is 9.53 Å². The maximum atomic E-state index is 12.3. The smallest absolute Gasteiger partial charge is 0.262 e. The maximum Gasteiger partial charge on any atom is 0.262 e. The number of amides is 1. The molecular weight excluding hydrogens is 326 g/mol. The lowest BCUT2D eigenvalue weighted by Crippen LogP contribution is -2.32. The Labute approximate surface area is 154 Å². The molecule has 0 aliphatic rings. The normalized spacial score (nSPS) is 12.4. The van der Waals surface area contributed by atoms with Crippen molar-refractivity contribution in [1.82, 2.24) is 9.88 Å². The standard InChI is InChI=1S/C21H25N3O2/c1-6-14(2)23-21(25)18(13-22)12-17-11-15(3)24(16(17)4)19-7-9-20(26-5)10-8-19/h7-12,14H,6H2,1-5H3,(H,23,25)/b18-12+/t14-/m1/s1. The molecule has 0 aliphatic heterocycles. The highest BCUT2D eigenvalue weighted by molar-refractivity contribution is 6.02. The van der Waals surface area contributed by atoms with E-state index in [0.717, 1.165) is 34.8 Å². The number of rotatable bonds is 6. The van der Waals surface area contributed by atoms with Crippen molar-refractivity contribution >= 4 is 12.0 Å². The quantitative estimate of drug-likeness (QED) is 0.633. The SMILES string of the molecule is CC[C@@H](C)NC(=O)/C(C#N)=C/c1cc(C)n(-c2ccc(OC)cc2)c1C.